The molecule has 1 atom stereocenters. The molecular weight excluding hydrogens is 292 g/mol. The fraction of sp³-hybridized carbons (Fsp3) is 0.714. The molecule has 114 valence electrons. The molecule has 1 unspecified atom stereocenters. The van der Waals surface area contributed by atoms with Crippen molar-refractivity contribution in [2.45, 2.75) is 56.8 Å². The Hall–Kier alpha value is -0.430. The summed E-state index contributed by atoms with van der Waals surface area (Å²) in [5.74, 6) is 0. The Morgan fingerprint density at radius 2 is 2.20 bits per heavy atom. The molecule has 1 aromatic rings. The van der Waals surface area contributed by atoms with E-state index in [0.29, 0.717) is 10.8 Å². The lowest BCUT2D eigenvalue weighted by Gasteiger charge is -2.31. The molecule has 0 amide bonds. The summed E-state index contributed by atoms with van der Waals surface area (Å²) in [7, 11) is -3.31. The largest absolute Gasteiger partial charge is 0.312 e. The molecule has 0 bridgehead atoms. The predicted octanol–water partition coefficient (Wildman–Crippen LogP) is 2.73. The summed E-state index contributed by atoms with van der Waals surface area (Å²) in [5, 5.41) is 3.26. The first kappa shape index (κ1) is 15.9. The lowest BCUT2D eigenvalue weighted by molar-refractivity contribution is 0.269. The molecule has 4 nitrogen and oxygen atoms in total. The van der Waals surface area contributed by atoms with E-state index in [1.807, 2.05) is 19.9 Å². The second-order valence-corrected chi connectivity index (χ2v) is 8.67. The van der Waals surface area contributed by atoms with Gasteiger partial charge in [-0.15, -0.1) is 11.3 Å². The van der Waals surface area contributed by atoms with Gasteiger partial charge in [-0.3, -0.25) is 0 Å². The summed E-state index contributed by atoms with van der Waals surface area (Å²) >= 11 is 1.41. The Kier molecular flexibility index (Phi) is 5.23. The smallest absolute Gasteiger partial charge is 0.252 e. The summed E-state index contributed by atoms with van der Waals surface area (Å²) in [6, 6.07) is 1.95. The molecule has 0 radical (unpaired) electrons. The van der Waals surface area contributed by atoms with Crippen LogP contribution in [-0.4, -0.2) is 31.9 Å². The molecule has 0 spiro atoms. The first-order valence-corrected chi connectivity index (χ1v) is 9.54. The van der Waals surface area contributed by atoms with Gasteiger partial charge in [0.15, 0.2) is 0 Å². The first-order valence-electron chi connectivity index (χ1n) is 7.28. The number of rotatable bonds is 5. The molecule has 0 aliphatic carbocycles. The van der Waals surface area contributed by atoms with E-state index in [0.717, 1.165) is 42.8 Å². The summed E-state index contributed by atoms with van der Waals surface area (Å²) in [5.41, 5.74) is 1.07. The van der Waals surface area contributed by atoms with E-state index in [2.05, 4.69) is 12.2 Å². The number of sulfonamides is 1. The van der Waals surface area contributed by atoms with Crippen LogP contribution in [0, 0.1) is 6.92 Å². The highest BCUT2D eigenvalue weighted by Crippen LogP contribution is 2.31. The van der Waals surface area contributed by atoms with E-state index >= 15 is 0 Å². The van der Waals surface area contributed by atoms with E-state index in [-0.39, 0.29) is 6.04 Å². The minimum atomic E-state index is -3.31. The van der Waals surface area contributed by atoms with Gasteiger partial charge in [-0.1, -0.05) is 13.3 Å². The molecule has 1 fully saturated rings. The van der Waals surface area contributed by atoms with Crippen LogP contribution < -0.4 is 5.32 Å². The zero-order valence-electron chi connectivity index (χ0n) is 12.5. The lowest BCUT2D eigenvalue weighted by atomic mass is 10.1. The normalized spacial score (nSPS) is 21.2. The van der Waals surface area contributed by atoms with Crippen molar-refractivity contribution in [3.8, 4) is 0 Å². The Labute approximate surface area is 126 Å². The van der Waals surface area contributed by atoms with E-state index in [1.54, 1.807) is 4.31 Å². The van der Waals surface area contributed by atoms with Crippen molar-refractivity contribution in [1.29, 1.82) is 0 Å². The topological polar surface area (TPSA) is 49.4 Å². The molecule has 6 heteroatoms. The monoisotopic (exact) mass is 316 g/mol. The zero-order valence-corrected chi connectivity index (χ0v) is 14.1. The quantitative estimate of drug-likeness (QED) is 0.908. The molecule has 1 aliphatic heterocycles. The van der Waals surface area contributed by atoms with Crippen molar-refractivity contribution in [2.24, 2.45) is 0 Å². The SMILES string of the molecule is CCNCc1sc(S(=O)(=O)N2CCCCC2C)cc1C. The average molecular weight is 316 g/mol. The van der Waals surface area contributed by atoms with Crippen LogP contribution in [0.15, 0.2) is 10.3 Å². The number of piperidine rings is 1. The molecule has 0 saturated carbocycles. The Morgan fingerprint density at radius 1 is 1.45 bits per heavy atom. The van der Waals surface area contributed by atoms with Crippen molar-refractivity contribution >= 4 is 21.4 Å². The number of nitrogens with zero attached hydrogens (tertiary/aromatic N) is 1. The van der Waals surface area contributed by atoms with Gasteiger partial charge in [0.1, 0.15) is 4.21 Å². The minimum Gasteiger partial charge on any atom is -0.312 e. The van der Waals surface area contributed by atoms with Crippen molar-refractivity contribution in [3.05, 3.63) is 16.5 Å². The maximum absolute atomic E-state index is 12.8. The first-order chi connectivity index (χ1) is 9.46. The summed E-state index contributed by atoms with van der Waals surface area (Å²) in [6.45, 7) is 8.35. The highest BCUT2D eigenvalue weighted by molar-refractivity contribution is 7.91. The average Bonchev–Trinajstić information content (AvgIpc) is 2.79. The third-order valence-corrected chi connectivity index (χ3v) is 7.54. The number of hydrogen-bond donors (Lipinski definition) is 1. The second kappa shape index (κ2) is 6.56. The van der Waals surface area contributed by atoms with Crippen LogP contribution in [0.4, 0.5) is 0 Å². The summed E-state index contributed by atoms with van der Waals surface area (Å²) < 4.78 is 27.7. The Balaban J connectivity index is 2.25. The fourth-order valence-corrected chi connectivity index (χ4v) is 5.96. The van der Waals surface area contributed by atoms with Gasteiger partial charge >= 0.3 is 0 Å². The van der Waals surface area contributed by atoms with Crippen LogP contribution in [-0.2, 0) is 16.6 Å². The maximum Gasteiger partial charge on any atom is 0.252 e. The number of aryl methyl sites for hydroxylation is 1. The second-order valence-electron chi connectivity index (χ2n) is 5.41. The van der Waals surface area contributed by atoms with Crippen molar-refractivity contribution in [3.63, 3.8) is 0 Å². The molecule has 2 heterocycles. The van der Waals surface area contributed by atoms with Gasteiger partial charge in [0.05, 0.1) is 0 Å². The van der Waals surface area contributed by atoms with Gasteiger partial charge in [-0.25, -0.2) is 8.42 Å². The number of hydrogen-bond acceptors (Lipinski definition) is 4. The Bertz CT molecular complexity index is 552. The van der Waals surface area contributed by atoms with Crippen LogP contribution >= 0.6 is 11.3 Å². The van der Waals surface area contributed by atoms with Gasteiger partial charge in [0.25, 0.3) is 10.0 Å². The van der Waals surface area contributed by atoms with E-state index in [1.165, 1.54) is 11.3 Å². The summed E-state index contributed by atoms with van der Waals surface area (Å²) in [4.78, 5) is 1.12. The third-order valence-electron chi connectivity index (χ3n) is 3.84. The Morgan fingerprint density at radius 3 is 2.85 bits per heavy atom. The van der Waals surface area contributed by atoms with Crippen molar-refractivity contribution < 1.29 is 8.42 Å². The molecule has 1 aliphatic rings. The molecule has 1 N–H and O–H groups in total. The van der Waals surface area contributed by atoms with E-state index in [4.69, 9.17) is 0 Å². The van der Waals surface area contributed by atoms with Gasteiger partial charge in [-0.2, -0.15) is 4.31 Å². The van der Waals surface area contributed by atoms with Crippen molar-refractivity contribution in [2.75, 3.05) is 13.1 Å². The van der Waals surface area contributed by atoms with Crippen LogP contribution in [0.25, 0.3) is 0 Å². The highest BCUT2D eigenvalue weighted by Gasteiger charge is 2.32. The number of nitrogens with one attached hydrogen (secondary N) is 1. The van der Waals surface area contributed by atoms with Crippen LogP contribution in [0.3, 0.4) is 0 Å². The minimum absolute atomic E-state index is 0.119. The number of thiophene rings is 1. The highest BCUT2D eigenvalue weighted by atomic mass is 32.2. The van der Waals surface area contributed by atoms with Gasteiger partial charge in [-0.05, 0) is 44.9 Å². The molecule has 0 aromatic carbocycles. The standard InChI is InChI=1S/C14H24N2O2S2/c1-4-15-10-13-11(2)9-14(19-13)20(17,18)16-8-6-5-7-12(16)3/h9,12,15H,4-8,10H2,1-3H3. The van der Waals surface area contributed by atoms with Crippen LogP contribution in [0.1, 0.15) is 43.6 Å². The zero-order chi connectivity index (χ0) is 14.8. The predicted molar refractivity (Wildman–Crippen MR) is 83.6 cm³/mol. The summed E-state index contributed by atoms with van der Waals surface area (Å²) in [6.07, 6.45) is 3.06. The molecule has 20 heavy (non-hydrogen) atoms. The van der Waals surface area contributed by atoms with Gasteiger partial charge in [0, 0.05) is 24.0 Å². The van der Waals surface area contributed by atoms with E-state index < -0.39 is 10.0 Å². The molecule has 2 rings (SSSR count). The van der Waals surface area contributed by atoms with Crippen LogP contribution in [0.5, 0.6) is 0 Å². The fourth-order valence-electron chi connectivity index (χ4n) is 2.57. The van der Waals surface area contributed by atoms with Crippen LogP contribution in [0.2, 0.25) is 0 Å². The molecule has 1 saturated heterocycles. The van der Waals surface area contributed by atoms with Gasteiger partial charge < -0.3 is 5.32 Å². The third kappa shape index (κ3) is 3.24. The maximum atomic E-state index is 12.8. The molecule has 1 aromatic heterocycles. The molecular formula is C14H24N2O2S2. The van der Waals surface area contributed by atoms with E-state index in [9.17, 15) is 8.42 Å². The van der Waals surface area contributed by atoms with Gasteiger partial charge in [0.2, 0.25) is 0 Å². The lowest BCUT2D eigenvalue weighted by Crippen LogP contribution is -2.41. The van der Waals surface area contributed by atoms with Crippen molar-refractivity contribution in [1.82, 2.24) is 9.62 Å².